The smallest absolute Gasteiger partial charge is 0.285 e. The standard InChI is InChI=1S/C24H20N2O4/c1-25-20-13-7-5-11-18(20)24(23(25)28)26(19-12-6-3-9-16(19)15-30-24)22(27)17-10-4-8-14-21(17)29-2/h3-14H,15H2,1-2H3. The average Bonchev–Trinajstić information content (AvgIpc) is 3.01. The van der Waals surface area contributed by atoms with Crippen LogP contribution in [-0.4, -0.2) is 26.0 Å². The topological polar surface area (TPSA) is 59.1 Å². The zero-order chi connectivity index (χ0) is 20.9. The van der Waals surface area contributed by atoms with Crippen LogP contribution >= 0.6 is 0 Å². The summed E-state index contributed by atoms with van der Waals surface area (Å²) in [6.45, 7) is 0.222. The monoisotopic (exact) mass is 400 g/mol. The number of rotatable bonds is 2. The number of para-hydroxylation sites is 3. The van der Waals surface area contributed by atoms with Crippen molar-refractivity contribution in [2.75, 3.05) is 24.0 Å². The number of amides is 2. The maximum absolute atomic E-state index is 14.0. The van der Waals surface area contributed by atoms with E-state index in [4.69, 9.17) is 9.47 Å². The Morgan fingerprint density at radius 3 is 2.43 bits per heavy atom. The van der Waals surface area contributed by atoms with E-state index in [0.29, 0.717) is 22.6 Å². The minimum Gasteiger partial charge on any atom is -0.496 e. The van der Waals surface area contributed by atoms with Gasteiger partial charge in [-0.25, -0.2) is 0 Å². The Kier molecular flexibility index (Phi) is 4.11. The molecule has 6 nitrogen and oxygen atoms in total. The van der Waals surface area contributed by atoms with Gasteiger partial charge in [0.15, 0.2) is 0 Å². The number of fused-ring (bicyclic) bond motifs is 3. The first kappa shape index (κ1) is 18.4. The highest BCUT2D eigenvalue weighted by molar-refractivity contribution is 6.18. The molecule has 2 heterocycles. The minimum atomic E-state index is -1.57. The number of likely N-dealkylation sites (N-methyl/N-ethyl adjacent to an activating group) is 1. The van der Waals surface area contributed by atoms with E-state index in [0.717, 1.165) is 11.3 Å². The highest BCUT2D eigenvalue weighted by Gasteiger charge is 2.59. The van der Waals surface area contributed by atoms with Crippen LogP contribution in [0, 0.1) is 0 Å². The lowest BCUT2D eigenvalue weighted by molar-refractivity contribution is -0.146. The summed E-state index contributed by atoms with van der Waals surface area (Å²) in [6, 6.07) is 21.9. The van der Waals surface area contributed by atoms with Gasteiger partial charge >= 0.3 is 0 Å². The summed E-state index contributed by atoms with van der Waals surface area (Å²) in [7, 11) is 3.22. The Bertz CT molecular complexity index is 1180. The van der Waals surface area contributed by atoms with Gasteiger partial charge in [-0.2, -0.15) is 0 Å². The molecule has 2 aliphatic heterocycles. The highest BCUT2D eigenvalue weighted by atomic mass is 16.5. The lowest BCUT2D eigenvalue weighted by Gasteiger charge is -2.43. The van der Waals surface area contributed by atoms with Crippen LogP contribution in [0.1, 0.15) is 21.5 Å². The first-order chi connectivity index (χ1) is 14.6. The van der Waals surface area contributed by atoms with Crippen molar-refractivity contribution in [3.63, 3.8) is 0 Å². The lowest BCUT2D eigenvalue weighted by Crippen LogP contribution is -2.59. The molecule has 1 unspecified atom stereocenters. The molecule has 0 bridgehead atoms. The summed E-state index contributed by atoms with van der Waals surface area (Å²) < 4.78 is 11.7. The zero-order valence-electron chi connectivity index (χ0n) is 16.7. The maximum Gasteiger partial charge on any atom is 0.285 e. The third kappa shape index (κ3) is 2.34. The van der Waals surface area contributed by atoms with Crippen LogP contribution in [0.15, 0.2) is 72.8 Å². The van der Waals surface area contributed by atoms with Gasteiger partial charge in [0, 0.05) is 18.2 Å². The van der Waals surface area contributed by atoms with Crippen LogP contribution in [0.2, 0.25) is 0 Å². The predicted octanol–water partition coefficient (Wildman–Crippen LogP) is 3.70. The Labute approximate surface area is 174 Å². The lowest BCUT2D eigenvalue weighted by atomic mass is 9.96. The fraction of sp³-hybridized carbons (Fsp3) is 0.167. The largest absolute Gasteiger partial charge is 0.496 e. The molecule has 0 fully saturated rings. The molecule has 0 N–H and O–H groups in total. The van der Waals surface area contributed by atoms with Crippen molar-refractivity contribution in [3.8, 4) is 5.75 Å². The first-order valence-electron chi connectivity index (χ1n) is 9.66. The molecule has 1 spiro atoms. The highest BCUT2D eigenvalue weighted by Crippen LogP contribution is 2.50. The Hall–Kier alpha value is -3.64. The second-order valence-electron chi connectivity index (χ2n) is 7.28. The fourth-order valence-corrected chi connectivity index (χ4v) is 4.32. The Morgan fingerprint density at radius 2 is 1.63 bits per heavy atom. The van der Waals surface area contributed by atoms with Crippen molar-refractivity contribution >= 4 is 23.2 Å². The number of methoxy groups -OCH3 is 1. The van der Waals surface area contributed by atoms with Crippen LogP contribution in [0.4, 0.5) is 11.4 Å². The van der Waals surface area contributed by atoms with Crippen molar-refractivity contribution < 1.29 is 19.1 Å². The van der Waals surface area contributed by atoms with Gasteiger partial charge in [-0.3, -0.25) is 14.5 Å². The molecular formula is C24H20N2O4. The first-order valence-corrected chi connectivity index (χ1v) is 9.66. The van der Waals surface area contributed by atoms with Crippen LogP contribution in [0.25, 0.3) is 0 Å². The van der Waals surface area contributed by atoms with Gasteiger partial charge in [0.25, 0.3) is 17.5 Å². The third-order valence-electron chi connectivity index (χ3n) is 5.75. The van der Waals surface area contributed by atoms with Gasteiger partial charge in [0.1, 0.15) is 5.75 Å². The molecule has 0 saturated heterocycles. The van der Waals surface area contributed by atoms with Crippen LogP contribution in [0.5, 0.6) is 5.75 Å². The third-order valence-corrected chi connectivity index (χ3v) is 5.75. The van der Waals surface area contributed by atoms with E-state index in [1.807, 2.05) is 48.5 Å². The summed E-state index contributed by atoms with van der Waals surface area (Å²) in [5.74, 6) is -0.229. The van der Waals surface area contributed by atoms with Gasteiger partial charge in [-0.15, -0.1) is 0 Å². The van der Waals surface area contributed by atoms with Gasteiger partial charge < -0.3 is 14.4 Å². The predicted molar refractivity (Wildman–Crippen MR) is 113 cm³/mol. The molecule has 3 aromatic rings. The molecule has 0 radical (unpaired) electrons. The van der Waals surface area contributed by atoms with Crippen LogP contribution in [-0.2, 0) is 21.9 Å². The van der Waals surface area contributed by atoms with E-state index in [9.17, 15) is 9.59 Å². The van der Waals surface area contributed by atoms with Crippen molar-refractivity contribution in [2.24, 2.45) is 0 Å². The second kappa shape index (κ2) is 6.71. The van der Waals surface area contributed by atoms with Gasteiger partial charge in [-0.1, -0.05) is 48.5 Å². The molecule has 5 rings (SSSR count). The van der Waals surface area contributed by atoms with Crippen LogP contribution < -0.4 is 14.5 Å². The average molecular weight is 400 g/mol. The molecule has 6 heteroatoms. The number of hydrogen-bond donors (Lipinski definition) is 0. The molecule has 2 aliphatic rings. The number of nitrogens with zero attached hydrogens (tertiary/aromatic N) is 2. The number of anilines is 2. The van der Waals surface area contributed by atoms with Crippen molar-refractivity contribution in [3.05, 3.63) is 89.5 Å². The fourth-order valence-electron chi connectivity index (χ4n) is 4.32. The molecule has 1 atom stereocenters. The second-order valence-corrected chi connectivity index (χ2v) is 7.28. The van der Waals surface area contributed by atoms with Gasteiger partial charge in [-0.05, 0) is 24.3 Å². The number of hydrogen-bond acceptors (Lipinski definition) is 4. The Morgan fingerprint density at radius 1 is 0.967 bits per heavy atom. The van der Waals surface area contributed by atoms with E-state index >= 15 is 0 Å². The van der Waals surface area contributed by atoms with Crippen molar-refractivity contribution in [1.29, 1.82) is 0 Å². The Balaban J connectivity index is 1.79. The molecule has 2 amide bonds. The van der Waals surface area contributed by atoms with Crippen LogP contribution in [0.3, 0.4) is 0 Å². The van der Waals surface area contributed by atoms with E-state index in [1.54, 1.807) is 36.2 Å². The van der Waals surface area contributed by atoms with E-state index in [2.05, 4.69) is 0 Å². The molecule has 3 aromatic carbocycles. The number of carbonyl (C=O) groups excluding carboxylic acids is 2. The van der Waals surface area contributed by atoms with E-state index in [1.165, 1.54) is 12.0 Å². The minimum absolute atomic E-state index is 0.222. The van der Waals surface area contributed by atoms with Gasteiger partial charge in [0.05, 0.1) is 30.7 Å². The van der Waals surface area contributed by atoms with Gasteiger partial charge in [0.2, 0.25) is 0 Å². The number of benzene rings is 3. The SMILES string of the molecule is COc1ccccc1C(=O)N1c2ccccc2COC12C(=O)N(C)c1ccccc12. The van der Waals surface area contributed by atoms with E-state index < -0.39 is 5.72 Å². The molecule has 0 aliphatic carbocycles. The summed E-state index contributed by atoms with van der Waals surface area (Å²) in [4.78, 5) is 30.6. The number of ether oxygens (including phenoxy) is 2. The summed E-state index contributed by atoms with van der Waals surface area (Å²) in [6.07, 6.45) is 0. The summed E-state index contributed by atoms with van der Waals surface area (Å²) >= 11 is 0. The zero-order valence-corrected chi connectivity index (χ0v) is 16.7. The molecule has 0 saturated carbocycles. The summed E-state index contributed by atoms with van der Waals surface area (Å²) in [5, 5.41) is 0. The molecule has 150 valence electrons. The normalized spacial score (nSPS) is 19.6. The molecule has 0 aromatic heterocycles. The molecule has 30 heavy (non-hydrogen) atoms. The molecular weight excluding hydrogens is 380 g/mol. The number of carbonyl (C=O) groups is 2. The van der Waals surface area contributed by atoms with E-state index in [-0.39, 0.29) is 18.4 Å². The quantitative estimate of drug-likeness (QED) is 0.658. The van der Waals surface area contributed by atoms with Crippen molar-refractivity contribution in [2.45, 2.75) is 12.3 Å². The van der Waals surface area contributed by atoms with Crippen molar-refractivity contribution in [1.82, 2.24) is 0 Å². The summed E-state index contributed by atoms with van der Waals surface area (Å²) in [5.41, 5.74) is 1.65. The maximum atomic E-state index is 14.0.